The summed E-state index contributed by atoms with van der Waals surface area (Å²) in [5.41, 5.74) is 8.63. The van der Waals surface area contributed by atoms with Crippen LogP contribution in [0.4, 0.5) is 10.1 Å². The number of rotatable bonds is 4. The lowest BCUT2D eigenvalue weighted by molar-refractivity contribution is 0.102. The average molecular weight is 459 g/mol. The lowest BCUT2D eigenvalue weighted by Crippen LogP contribution is -2.36. The Bertz CT molecular complexity index is 1120. The van der Waals surface area contributed by atoms with E-state index >= 15 is 0 Å². The van der Waals surface area contributed by atoms with Crippen LogP contribution in [-0.4, -0.2) is 21.9 Å². The predicted molar refractivity (Wildman–Crippen MR) is 123 cm³/mol. The molecule has 162 valence electrons. The highest BCUT2D eigenvalue weighted by Crippen LogP contribution is 2.44. The zero-order chi connectivity index (χ0) is 22.2. The molecule has 2 heterocycles. The number of hydrogen-bond donors (Lipinski definition) is 2. The van der Waals surface area contributed by atoms with Crippen molar-refractivity contribution in [3.8, 4) is 10.6 Å². The molecule has 0 aliphatic heterocycles. The van der Waals surface area contributed by atoms with Crippen molar-refractivity contribution in [3.63, 3.8) is 0 Å². The molecule has 0 spiro atoms. The third kappa shape index (κ3) is 4.95. The zero-order valence-electron chi connectivity index (χ0n) is 17.4. The standard InChI is InChI=1S/C23H24ClFN4OS/c1-23(2)9-13(7-15(26)10-23)16-5-6-27-11-19(16)28-21(30)20-12-31-22(29-20)17-8-14(24)3-4-18(17)25/h3-6,8,11-13,15H,7,9-10,26H2,1-2H3,(H,28,30). The van der Waals surface area contributed by atoms with E-state index in [0.29, 0.717) is 15.7 Å². The third-order valence-electron chi connectivity index (χ3n) is 5.64. The summed E-state index contributed by atoms with van der Waals surface area (Å²) in [7, 11) is 0. The van der Waals surface area contributed by atoms with Crippen LogP contribution in [0.25, 0.3) is 10.6 Å². The molecule has 1 amide bonds. The number of nitrogens with two attached hydrogens (primary N) is 1. The normalized spacial score (nSPS) is 20.4. The van der Waals surface area contributed by atoms with Crippen LogP contribution in [0.5, 0.6) is 0 Å². The summed E-state index contributed by atoms with van der Waals surface area (Å²) in [5, 5.41) is 5.36. The summed E-state index contributed by atoms with van der Waals surface area (Å²) in [6, 6.07) is 6.34. The number of pyridine rings is 1. The van der Waals surface area contributed by atoms with Gasteiger partial charge in [-0.3, -0.25) is 9.78 Å². The molecule has 2 aromatic heterocycles. The first-order valence-electron chi connectivity index (χ1n) is 10.1. The maximum Gasteiger partial charge on any atom is 0.275 e. The van der Waals surface area contributed by atoms with Gasteiger partial charge in [-0.05, 0) is 60.4 Å². The highest BCUT2D eigenvalue weighted by atomic mass is 35.5. The number of nitrogens with one attached hydrogen (secondary N) is 1. The Morgan fingerprint density at radius 1 is 1.32 bits per heavy atom. The fourth-order valence-electron chi connectivity index (χ4n) is 4.44. The Balaban J connectivity index is 1.56. The van der Waals surface area contributed by atoms with Gasteiger partial charge in [0.2, 0.25) is 0 Å². The Morgan fingerprint density at radius 3 is 2.90 bits per heavy atom. The van der Waals surface area contributed by atoms with Gasteiger partial charge in [0.05, 0.1) is 11.9 Å². The first-order chi connectivity index (χ1) is 14.7. The van der Waals surface area contributed by atoms with Gasteiger partial charge in [0.15, 0.2) is 0 Å². The Labute approximate surface area is 189 Å². The monoisotopic (exact) mass is 458 g/mol. The van der Waals surface area contributed by atoms with Crippen molar-refractivity contribution >= 4 is 34.5 Å². The summed E-state index contributed by atoms with van der Waals surface area (Å²) in [4.78, 5) is 21.4. The number of nitrogens with zero attached hydrogens (tertiary/aromatic N) is 2. The van der Waals surface area contributed by atoms with E-state index in [2.05, 4.69) is 29.1 Å². The largest absolute Gasteiger partial charge is 0.328 e. The van der Waals surface area contributed by atoms with E-state index in [0.717, 1.165) is 24.8 Å². The Kier molecular flexibility index (Phi) is 6.10. The van der Waals surface area contributed by atoms with Gasteiger partial charge in [0.25, 0.3) is 5.91 Å². The fraction of sp³-hybridized carbons (Fsp3) is 0.348. The molecule has 1 fully saturated rings. The summed E-state index contributed by atoms with van der Waals surface area (Å²) < 4.78 is 14.2. The molecule has 1 aliphatic rings. The molecular formula is C23H24ClFN4OS. The van der Waals surface area contributed by atoms with Crippen molar-refractivity contribution in [2.24, 2.45) is 11.1 Å². The summed E-state index contributed by atoms with van der Waals surface area (Å²) in [6.45, 7) is 4.45. The maximum absolute atomic E-state index is 14.2. The van der Waals surface area contributed by atoms with Gasteiger partial charge in [0.1, 0.15) is 16.5 Å². The molecule has 0 bridgehead atoms. The molecule has 8 heteroatoms. The van der Waals surface area contributed by atoms with Gasteiger partial charge < -0.3 is 11.1 Å². The molecule has 0 radical (unpaired) electrons. The first-order valence-corrected chi connectivity index (χ1v) is 11.4. The van der Waals surface area contributed by atoms with E-state index in [-0.39, 0.29) is 34.5 Å². The molecule has 3 N–H and O–H groups in total. The van der Waals surface area contributed by atoms with Crippen LogP contribution in [0.3, 0.4) is 0 Å². The number of anilines is 1. The molecule has 2 atom stereocenters. The average Bonchev–Trinajstić information content (AvgIpc) is 3.19. The molecule has 5 nitrogen and oxygen atoms in total. The maximum atomic E-state index is 14.2. The van der Waals surface area contributed by atoms with E-state index < -0.39 is 5.82 Å². The molecular weight excluding hydrogens is 435 g/mol. The highest BCUT2D eigenvalue weighted by molar-refractivity contribution is 7.13. The van der Waals surface area contributed by atoms with Crippen molar-refractivity contribution in [1.82, 2.24) is 9.97 Å². The van der Waals surface area contributed by atoms with Gasteiger partial charge in [0, 0.05) is 28.2 Å². The third-order valence-corrected chi connectivity index (χ3v) is 6.75. The number of aromatic nitrogens is 2. The second-order valence-electron chi connectivity index (χ2n) is 8.84. The van der Waals surface area contributed by atoms with Gasteiger partial charge in [-0.1, -0.05) is 25.4 Å². The van der Waals surface area contributed by atoms with Crippen LogP contribution < -0.4 is 11.1 Å². The number of thiazole rings is 1. The van der Waals surface area contributed by atoms with E-state index in [4.69, 9.17) is 17.3 Å². The van der Waals surface area contributed by atoms with E-state index in [9.17, 15) is 9.18 Å². The number of halogens is 2. The van der Waals surface area contributed by atoms with Gasteiger partial charge in [-0.15, -0.1) is 11.3 Å². The minimum Gasteiger partial charge on any atom is -0.328 e. The molecule has 0 saturated heterocycles. The summed E-state index contributed by atoms with van der Waals surface area (Å²) >= 11 is 7.17. The van der Waals surface area contributed by atoms with Crippen LogP contribution in [-0.2, 0) is 0 Å². The minimum atomic E-state index is -0.434. The molecule has 3 aromatic rings. The van der Waals surface area contributed by atoms with Crippen molar-refractivity contribution in [1.29, 1.82) is 0 Å². The van der Waals surface area contributed by atoms with Crippen LogP contribution in [0.2, 0.25) is 5.02 Å². The molecule has 4 rings (SSSR count). The molecule has 1 aromatic carbocycles. The van der Waals surface area contributed by atoms with E-state index in [1.165, 1.54) is 29.5 Å². The summed E-state index contributed by atoms with van der Waals surface area (Å²) in [5.74, 6) is -0.557. The number of benzene rings is 1. The van der Waals surface area contributed by atoms with Crippen LogP contribution in [0, 0.1) is 11.2 Å². The van der Waals surface area contributed by atoms with Gasteiger partial charge in [-0.25, -0.2) is 9.37 Å². The van der Waals surface area contributed by atoms with Crippen molar-refractivity contribution < 1.29 is 9.18 Å². The first kappa shape index (κ1) is 21.9. The van der Waals surface area contributed by atoms with Crippen molar-refractivity contribution in [2.45, 2.75) is 45.1 Å². The van der Waals surface area contributed by atoms with Crippen LogP contribution in [0.1, 0.15) is 55.1 Å². The number of carbonyl (C=O) groups is 1. The molecule has 1 saturated carbocycles. The summed E-state index contributed by atoms with van der Waals surface area (Å²) in [6.07, 6.45) is 6.23. The lowest BCUT2D eigenvalue weighted by Gasteiger charge is -2.39. The van der Waals surface area contributed by atoms with Crippen LogP contribution >= 0.6 is 22.9 Å². The van der Waals surface area contributed by atoms with Crippen molar-refractivity contribution in [3.05, 3.63) is 64.1 Å². The second kappa shape index (κ2) is 8.65. The topological polar surface area (TPSA) is 80.9 Å². The predicted octanol–water partition coefficient (Wildman–Crippen LogP) is 5.87. The molecule has 2 unspecified atom stereocenters. The van der Waals surface area contributed by atoms with Crippen LogP contribution in [0.15, 0.2) is 42.0 Å². The minimum absolute atomic E-state index is 0.124. The van der Waals surface area contributed by atoms with E-state index in [1.807, 2.05) is 6.07 Å². The number of amides is 1. The Hall–Kier alpha value is -2.35. The zero-order valence-corrected chi connectivity index (χ0v) is 18.9. The number of carbonyl (C=O) groups excluding carboxylic acids is 1. The second-order valence-corrected chi connectivity index (χ2v) is 10.1. The highest BCUT2D eigenvalue weighted by Gasteiger charge is 2.34. The Morgan fingerprint density at radius 2 is 2.13 bits per heavy atom. The molecule has 31 heavy (non-hydrogen) atoms. The fourth-order valence-corrected chi connectivity index (χ4v) is 5.43. The number of hydrogen-bond acceptors (Lipinski definition) is 5. The van der Waals surface area contributed by atoms with Gasteiger partial charge in [-0.2, -0.15) is 0 Å². The van der Waals surface area contributed by atoms with E-state index in [1.54, 1.807) is 17.8 Å². The SMILES string of the molecule is CC1(C)CC(N)CC(c2ccncc2NC(=O)c2csc(-c3cc(Cl)ccc3F)n2)C1. The lowest BCUT2D eigenvalue weighted by atomic mass is 9.68. The smallest absolute Gasteiger partial charge is 0.275 e. The quantitative estimate of drug-likeness (QED) is 0.512. The molecule has 1 aliphatic carbocycles. The van der Waals surface area contributed by atoms with Crippen molar-refractivity contribution in [2.75, 3.05) is 5.32 Å². The van der Waals surface area contributed by atoms with Gasteiger partial charge >= 0.3 is 0 Å².